The SMILES string of the molecule is C=CCOc1ccccc1CNCCOc1ccccc1. The van der Waals surface area contributed by atoms with E-state index in [0.29, 0.717) is 13.2 Å². The van der Waals surface area contributed by atoms with Crippen molar-refractivity contribution in [3.05, 3.63) is 72.8 Å². The summed E-state index contributed by atoms with van der Waals surface area (Å²) in [6.07, 6.45) is 1.75. The average molecular weight is 283 g/mol. The van der Waals surface area contributed by atoms with Gasteiger partial charge in [-0.3, -0.25) is 0 Å². The van der Waals surface area contributed by atoms with Crippen LogP contribution in [-0.4, -0.2) is 19.8 Å². The van der Waals surface area contributed by atoms with E-state index < -0.39 is 0 Å². The molecule has 0 aromatic heterocycles. The summed E-state index contributed by atoms with van der Waals surface area (Å²) in [6.45, 7) is 6.36. The van der Waals surface area contributed by atoms with Crippen molar-refractivity contribution in [2.75, 3.05) is 19.8 Å². The Morgan fingerprint density at radius 3 is 2.52 bits per heavy atom. The lowest BCUT2D eigenvalue weighted by molar-refractivity contribution is 0.312. The second-order valence-electron chi connectivity index (χ2n) is 4.55. The van der Waals surface area contributed by atoms with Crippen molar-refractivity contribution >= 4 is 0 Å². The molecule has 3 heteroatoms. The zero-order chi connectivity index (χ0) is 14.8. The fourth-order valence-corrected chi connectivity index (χ4v) is 1.92. The van der Waals surface area contributed by atoms with Crippen molar-refractivity contribution in [3.8, 4) is 11.5 Å². The predicted molar refractivity (Wildman–Crippen MR) is 85.8 cm³/mol. The molecule has 3 nitrogen and oxygen atoms in total. The summed E-state index contributed by atoms with van der Waals surface area (Å²) >= 11 is 0. The fourth-order valence-electron chi connectivity index (χ4n) is 1.92. The minimum atomic E-state index is 0.522. The van der Waals surface area contributed by atoms with Crippen LogP contribution in [0.4, 0.5) is 0 Å². The normalized spacial score (nSPS) is 10.1. The third kappa shape index (κ3) is 5.32. The highest BCUT2D eigenvalue weighted by Gasteiger charge is 2.01. The first-order valence-corrected chi connectivity index (χ1v) is 7.10. The van der Waals surface area contributed by atoms with E-state index in [1.165, 1.54) is 0 Å². The van der Waals surface area contributed by atoms with E-state index in [0.717, 1.165) is 30.2 Å². The van der Waals surface area contributed by atoms with Gasteiger partial charge in [-0.25, -0.2) is 0 Å². The maximum absolute atomic E-state index is 5.63. The lowest BCUT2D eigenvalue weighted by atomic mass is 10.2. The fraction of sp³-hybridized carbons (Fsp3) is 0.222. The van der Waals surface area contributed by atoms with Gasteiger partial charge in [0.05, 0.1) is 0 Å². The molecular formula is C18H21NO2. The molecule has 0 heterocycles. The first-order valence-electron chi connectivity index (χ1n) is 7.10. The Balaban J connectivity index is 1.72. The molecule has 21 heavy (non-hydrogen) atoms. The quantitative estimate of drug-likeness (QED) is 0.565. The van der Waals surface area contributed by atoms with Gasteiger partial charge in [0.2, 0.25) is 0 Å². The smallest absolute Gasteiger partial charge is 0.124 e. The Morgan fingerprint density at radius 2 is 1.71 bits per heavy atom. The van der Waals surface area contributed by atoms with Crippen LogP contribution in [0.5, 0.6) is 11.5 Å². The number of benzene rings is 2. The van der Waals surface area contributed by atoms with Gasteiger partial charge in [0.15, 0.2) is 0 Å². The standard InChI is InChI=1S/C18H21NO2/c1-2-13-21-18-11-7-6-8-16(18)15-19-12-14-20-17-9-4-3-5-10-17/h2-11,19H,1,12-15H2. The first-order chi connectivity index (χ1) is 10.4. The van der Waals surface area contributed by atoms with Gasteiger partial charge in [0.1, 0.15) is 24.7 Å². The lowest BCUT2D eigenvalue weighted by Crippen LogP contribution is -2.21. The molecule has 0 unspecified atom stereocenters. The molecule has 0 radical (unpaired) electrons. The van der Waals surface area contributed by atoms with Crippen LogP contribution >= 0.6 is 0 Å². The van der Waals surface area contributed by atoms with Crippen LogP contribution < -0.4 is 14.8 Å². The van der Waals surface area contributed by atoms with Crippen molar-refractivity contribution in [1.82, 2.24) is 5.32 Å². The zero-order valence-corrected chi connectivity index (χ0v) is 12.1. The molecule has 0 aliphatic rings. The van der Waals surface area contributed by atoms with Crippen LogP contribution in [0, 0.1) is 0 Å². The van der Waals surface area contributed by atoms with E-state index >= 15 is 0 Å². The zero-order valence-electron chi connectivity index (χ0n) is 12.1. The predicted octanol–water partition coefficient (Wildman–Crippen LogP) is 3.42. The highest BCUT2D eigenvalue weighted by atomic mass is 16.5. The summed E-state index contributed by atoms with van der Waals surface area (Å²) in [4.78, 5) is 0. The largest absolute Gasteiger partial charge is 0.492 e. The van der Waals surface area contributed by atoms with Gasteiger partial charge in [-0.1, -0.05) is 49.1 Å². The van der Waals surface area contributed by atoms with Gasteiger partial charge >= 0.3 is 0 Å². The topological polar surface area (TPSA) is 30.5 Å². The number of nitrogens with one attached hydrogen (secondary N) is 1. The van der Waals surface area contributed by atoms with Crippen LogP contribution in [-0.2, 0) is 6.54 Å². The number of rotatable bonds is 9. The van der Waals surface area contributed by atoms with Crippen molar-refractivity contribution in [2.24, 2.45) is 0 Å². The van der Waals surface area contributed by atoms with Crippen LogP contribution in [0.25, 0.3) is 0 Å². The highest BCUT2D eigenvalue weighted by molar-refractivity contribution is 5.33. The summed E-state index contributed by atoms with van der Waals surface area (Å²) in [5, 5.41) is 3.36. The summed E-state index contributed by atoms with van der Waals surface area (Å²) in [7, 11) is 0. The van der Waals surface area contributed by atoms with Crippen LogP contribution in [0.3, 0.4) is 0 Å². The molecule has 0 aliphatic carbocycles. The molecule has 110 valence electrons. The van der Waals surface area contributed by atoms with Crippen LogP contribution in [0.2, 0.25) is 0 Å². The Morgan fingerprint density at radius 1 is 0.952 bits per heavy atom. The average Bonchev–Trinajstić information content (AvgIpc) is 2.54. The minimum Gasteiger partial charge on any atom is -0.492 e. The third-order valence-corrected chi connectivity index (χ3v) is 2.94. The van der Waals surface area contributed by atoms with E-state index in [9.17, 15) is 0 Å². The molecule has 0 aliphatic heterocycles. The second-order valence-corrected chi connectivity index (χ2v) is 4.55. The molecule has 2 aromatic carbocycles. The molecule has 0 saturated carbocycles. The summed E-state index contributed by atoms with van der Waals surface area (Å²) < 4.78 is 11.3. The Kier molecular flexibility index (Phi) is 6.36. The highest BCUT2D eigenvalue weighted by Crippen LogP contribution is 2.17. The van der Waals surface area contributed by atoms with Gasteiger partial charge in [0, 0.05) is 18.7 Å². The summed E-state index contributed by atoms with van der Waals surface area (Å²) in [6, 6.07) is 17.8. The molecule has 0 bridgehead atoms. The number of hydrogen-bond donors (Lipinski definition) is 1. The lowest BCUT2D eigenvalue weighted by Gasteiger charge is -2.11. The van der Waals surface area contributed by atoms with E-state index in [1.54, 1.807) is 6.08 Å². The molecule has 0 atom stereocenters. The van der Waals surface area contributed by atoms with Crippen LogP contribution in [0.1, 0.15) is 5.56 Å². The van der Waals surface area contributed by atoms with E-state index in [4.69, 9.17) is 9.47 Å². The van der Waals surface area contributed by atoms with Gasteiger partial charge < -0.3 is 14.8 Å². The van der Waals surface area contributed by atoms with E-state index in [2.05, 4.69) is 18.0 Å². The molecule has 1 N–H and O–H groups in total. The third-order valence-electron chi connectivity index (χ3n) is 2.94. The monoisotopic (exact) mass is 283 g/mol. The van der Waals surface area contributed by atoms with Crippen molar-refractivity contribution in [2.45, 2.75) is 6.54 Å². The van der Waals surface area contributed by atoms with Crippen LogP contribution in [0.15, 0.2) is 67.3 Å². The van der Waals surface area contributed by atoms with E-state index in [-0.39, 0.29) is 0 Å². The van der Waals surface area contributed by atoms with E-state index in [1.807, 2.05) is 48.5 Å². The molecule has 2 aromatic rings. The van der Waals surface area contributed by atoms with Gasteiger partial charge in [-0.15, -0.1) is 0 Å². The molecular weight excluding hydrogens is 262 g/mol. The van der Waals surface area contributed by atoms with Gasteiger partial charge in [0.25, 0.3) is 0 Å². The summed E-state index contributed by atoms with van der Waals surface area (Å²) in [5.41, 5.74) is 1.14. The molecule has 0 fully saturated rings. The maximum Gasteiger partial charge on any atom is 0.124 e. The summed E-state index contributed by atoms with van der Waals surface area (Å²) in [5.74, 6) is 1.79. The number of hydrogen-bond acceptors (Lipinski definition) is 3. The second kappa shape index (κ2) is 8.82. The minimum absolute atomic E-state index is 0.522. The van der Waals surface area contributed by atoms with Crippen molar-refractivity contribution in [3.63, 3.8) is 0 Å². The number of ether oxygens (including phenoxy) is 2. The molecule has 0 saturated heterocycles. The van der Waals surface area contributed by atoms with Crippen molar-refractivity contribution in [1.29, 1.82) is 0 Å². The maximum atomic E-state index is 5.63. The first kappa shape index (κ1) is 15.1. The molecule has 0 amide bonds. The number of para-hydroxylation sites is 2. The molecule has 0 spiro atoms. The Bertz CT molecular complexity index is 540. The van der Waals surface area contributed by atoms with Gasteiger partial charge in [-0.2, -0.15) is 0 Å². The molecule has 2 rings (SSSR count). The Hall–Kier alpha value is -2.26. The Labute approximate surface area is 126 Å². The van der Waals surface area contributed by atoms with Crippen molar-refractivity contribution < 1.29 is 9.47 Å². The van der Waals surface area contributed by atoms with Gasteiger partial charge in [-0.05, 0) is 18.2 Å².